The zero-order chi connectivity index (χ0) is 22.4. The molecule has 1 unspecified atom stereocenters. The summed E-state index contributed by atoms with van der Waals surface area (Å²) in [6.45, 7) is 4.66. The first kappa shape index (κ1) is 20.1. The Bertz CT molecular complexity index is 1420. The molecular formula is C27H28N4O2. The van der Waals surface area contributed by atoms with Crippen LogP contribution in [0.15, 0.2) is 71.7 Å². The van der Waals surface area contributed by atoms with E-state index < -0.39 is 0 Å². The van der Waals surface area contributed by atoms with Crippen LogP contribution in [0.25, 0.3) is 21.8 Å². The van der Waals surface area contributed by atoms with Gasteiger partial charge < -0.3 is 19.2 Å². The maximum absolute atomic E-state index is 11.5. The number of anilines is 1. The molecule has 0 radical (unpaired) electrons. The van der Waals surface area contributed by atoms with Crippen LogP contribution < -0.4 is 15.2 Å². The topological polar surface area (TPSA) is 53.5 Å². The van der Waals surface area contributed by atoms with Gasteiger partial charge in [0.25, 0.3) is 0 Å². The molecule has 168 valence electrons. The molecule has 2 aromatic heterocycles. The van der Waals surface area contributed by atoms with E-state index in [4.69, 9.17) is 4.74 Å². The maximum atomic E-state index is 11.5. The molecule has 0 spiro atoms. The molecule has 0 saturated carbocycles. The number of fused-ring (bicyclic) bond motifs is 3. The number of benzene rings is 2. The van der Waals surface area contributed by atoms with Crippen LogP contribution in [0.4, 0.5) is 5.69 Å². The molecule has 2 aliphatic rings. The van der Waals surface area contributed by atoms with Crippen LogP contribution in [0.1, 0.15) is 5.56 Å². The predicted octanol–water partition coefficient (Wildman–Crippen LogP) is 3.70. The van der Waals surface area contributed by atoms with Crippen molar-refractivity contribution in [1.29, 1.82) is 0 Å². The lowest BCUT2D eigenvalue weighted by atomic mass is 9.94. The van der Waals surface area contributed by atoms with Crippen molar-refractivity contribution in [1.82, 2.24) is 14.5 Å². The van der Waals surface area contributed by atoms with Gasteiger partial charge in [-0.25, -0.2) is 0 Å². The second-order valence-electron chi connectivity index (χ2n) is 9.10. The summed E-state index contributed by atoms with van der Waals surface area (Å²) in [7, 11) is 2.15. The van der Waals surface area contributed by atoms with Gasteiger partial charge in [0, 0.05) is 68.7 Å². The number of ether oxygens (including phenoxy) is 1. The standard InChI is InChI=1S/C27H28N4O2/c1-29-17-20-15-21-18-30(12-13-31(21)25-6-4-5-24(29)27(20)25)11-2-3-14-33-22-9-7-19-8-10-26(32)28-23(19)16-22/h2-10,16-17,21H,11-15,18H2,1H3,(H,28,32)/b3-2+. The molecule has 33 heavy (non-hydrogen) atoms. The second kappa shape index (κ2) is 8.12. The number of aryl methyl sites for hydroxylation is 1. The molecule has 1 saturated heterocycles. The summed E-state index contributed by atoms with van der Waals surface area (Å²) in [6.07, 6.45) is 7.71. The van der Waals surface area contributed by atoms with Crippen molar-refractivity contribution in [2.45, 2.75) is 12.5 Å². The van der Waals surface area contributed by atoms with E-state index in [0.717, 1.165) is 49.3 Å². The first-order valence-electron chi connectivity index (χ1n) is 11.6. The van der Waals surface area contributed by atoms with Gasteiger partial charge in [0.05, 0.1) is 11.0 Å². The van der Waals surface area contributed by atoms with Crippen molar-refractivity contribution in [3.8, 4) is 5.75 Å². The third-order valence-corrected chi connectivity index (χ3v) is 6.98. The van der Waals surface area contributed by atoms with Gasteiger partial charge in [0.15, 0.2) is 0 Å². The van der Waals surface area contributed by atoms with Gasteiger partial charge in [-0.2, -0.15) is 0 Å². The number of hydrogen-bond acceptors (Lipinski definition) is 4. The number of aromatic nitrogens is 2. The maximum Gasteiger partial charge on any atom is 0.248 e. The Hall–Kier alpha value is -3.51. The van der Waals surface area contributed by atoms with E-state index in [0.29, 0.717) is 12.6 Å². The Kier molecular flexibility index (Phi) is 4.95. The van der Waals surface area contributed by atoms with Crippen molar-refractivity contribution >= 4 is 27.5 Å². The summed E-state index contributed by atoms with van der Waals surface area (Å²) in [6, 6.07) is 16.4. The van der Waals surface area contributed by atoms with Crippen LogP contribution >= 0.6 is 0 Å². The number of hydrogen-bond donors (Lipinski definition) is 1. The lowest BCUT2D eigenvalue weighted by molar-refractivity contribution is 0.241. The van der Waals surface area contributed by atoms with E-state index in [9.17, 15) is 4.79 Å². The molecule has 4 heterocycles. The first-order chi connectivity index (χ1) is 16.2. The van der Waals surface area contributed by atoms with Crippen LogP contribution in [-0.4, -0.2) is 53.3 Å². The van der Waals surface area contributed by atoms with Gasteiger partial charge in [0.1, 0.15) is 12.4 Å². The smallest absolute Gasteiger partial charge is 0.248 e. The quantitative estimate of drug-likeness (QED) is 0.481. The van der Waals surface area contributed by atoms with Gasteiger partial charge in [-0.15, -0.1) is 0 Å². The van der Waals surface area contributed by atoms with Crippen molar-refractivity contribution in [2.24, 2.45) is 7.05 Å². The molecule has 2 aromatic carbocycles. The number of H-pyrrole nitrogens is 1. The monoisotopic (exact) mass is 440 g/mol. The van der Waals surface area contributed by atoms with E-state index in [2.05, 4.69) is 62.9 Å². The summed E-state index contributed by atoms with van der Waals surface area (Å²) in [5, 5.41) is 2.44. The third kappa shape index (κ3) is 3.70. The Morgan fingerprint density at radius 2 is 2.03 bits per heavy atom. The highest BCUT2D eigenvalue weighted by molar-refractivity contribution is 5.97. The Labute approximate surface area is 192 Å². The molecule has 6 heteroatoms. The summed E-state index contributed by atoms with van der Waals surface area (Å²) in [5.74, 6) is 0.762. The molecule has 6 rings (SSSR count). The molecule has 0 aliphatic carbocycles. The van der Waals surface area contributed by atoms with Crippen LogP contribution in [0.3, 0.4) is 0 Å². The highest BCUT2D eigenvalue weighted by Gasteiger charge is 2.33. The SMILES string of the molecule is Cn1cc2c3c(cccc31)N1CCN(C/C=C/COc3ccc4ccc(=O)[nH]c4c3)CC1C2. The van der Waals surface area contributed by atoms with Gasteiger partial charge in [-0.3, -0.25) is 9.69 Å². The van der Waals surface area contributed by atoms with Crippen LogP contribution in [-0.2, 0) is 13.5 Å². The molecule has 1 atom stereocenters. The van der Waals surface area contributed by atoms with Gasteiger partial charge in [-0.05, 0) is 47.7 Å². The minimum Gasteiger partial charge on any atom is -0.489 e. The zero-order valence-corrected chi connectivity index (χ0v) is 18.8. The van der Waals surface area contributed by atoms with Crippen molar-refractivity contribution in [3.05, 3.63) is 82.8 Å². The third-order valence-electron chi connectivity index (χ3n) is 6.98. The van der Waals surface area contributed by atoms with Crippen LogP contribution in [0.2, 0.25) is 0 Å². The second-order valence-corrected chi connectivity index (χ2v) is 9.10. The molecule has 1 N–H and O–H groups in total. The normalized spacial score (nSPS) is 18.3. The Morgan fingerprint density at radius 3 is 2.97 bits per heavy atom. The minimum atomic E-state index is -0.0993. The molecule has 1 fully saturated rings. The van der Waals surface area contributed by atoms with Crippen LogP contribution in [0, 0.1) is 0 Å². The molecule has 0 bridgehead atoms. The number of nitrogens with one attached hydrogen (secondary N) is 1. The average molecular weight is 441 g/mol. The Morgan fingerprint density at radius 1 is 1.12 bits per heavy atom. The number of rotatable bonds is 5. The molecule has 2 aliphatic heterocycles. The fraction of sp³-hybridized carbons (Fsp3) is 0.296. The van der Waals surface area contributed by atoms with Crippen molar-refractivity contribution in [3.63, 3.8) is 0 Å². The van der Waals surface area contributed by atoms with Gasteiger partial charge >= 0.3 is 0 Å². The first-order valence-corrected chi connectivity index (χ1v) is 11.6. The lowest BCUT2D eigenvalue weighted by Gasteiger charge is -2.45. The minimum absolute atomic E-state index is 0.0993. The van der Waals surface area contributed by atoms with Gasteiger partial charge in [0.2, 0.25) is 5.56 Å². The number of pyridine rings is 1. The number of nitrogens with zero attached hydrogens (tertiary/aromatic N) is 3. The van der Waals surface area contributed by atoms with Crippen LogP contribution in [0.5, 0.6) is 5.75 Å². The number of piperazine rings is 1. The van der Waals surface area contributed by atoms with E-state index in [1.807, 2.05) is 24.3 Å². The van der Waals surface area contributed by atoms with E-state index >= 15 is 0 Å². The van der Waals surface area contributed by atoms with E-state index in [-0.39, 0.29) is 5.56 Å². The fourth-order valence-electron chi connectivity index (χ4n) is 5.40. The molecule has 0 amide bonds. The Balaban J connectivity index is 1.06. The number of aromatic amines is 1. The summed E-state index contributed by atoms with van der Waals surface area (Å²) in [5.41, 5.74) is 4.92. The van der Waals surface area contributed by atoms with Crippen molar-refractivity contribution < 1.29 is 4.74 Å². The highest BCUT2D eigenvalue weighted by Crippen LogP contribution is 2.38. The average Bonchev–Trinajstić information content (AvgIpc) is 3.14. The summed E-state index contributed by atoms with van der Waals surface area (Å²) >= 11 is 0. The fourth-order valence-corrected chi connectivity index (χ4v) is 5.40. The molecular weight excluding hydrogens is 412 g/mol. The highest BCUT2D eigenvalue weighted by atomic mass is 16.5. The zero-order valence-electron chi connectivity index (χ0n) is 18.8. The van der Waals surface area contributed by atoms with E-state index in [1.165, 1.54) is 28.2 Å². The summed E-state index contributed by atoms with van der Waals surface area (Å²) in [4.78, 5) is 19.5. The largest absolute Gasteiger partial charge is 0.489 e. The molecule has 4 aromatic rings. The van der Waals surface area contributed by atoms with Gasteiger partial charge in [-0.1, -0.05) is 18.2 Å². The lowest BCUT2D eigenvalue weighted by Crippen LogP contribution is -2.55. The molecule has 6 nitrogen and oxygen atoms in total. The van der Waals surface area contributed by atoms with E-state index in [1.54, 1.807) is 0 Å². The predicted molar refractivity (Wildman–Crippen MR) is 133 cm³/mol. The van der Waals surface area contributed by atoms with Crippen molar-refractivity contribution in [2.75, 3.05) is 37.7 Å². The summed E-state index contributed by atoms with van der Waals surface area (Å²) < 4.78 is 8.13.